The van der Waals surface area contributed by atoms with Crippen molar-refractivity contribution < 1.29 is 43.0 Å². The van der Waals surface area contributed by atoms with Gasteiger partial charge in [0, 0.05) is 13.0 Å². The first-order chi connectivity index (χ1) is 36.3. The van der Waals surface area contributed by atoms with Crippen molar-refractivity contribution in [3.63, 3.8) is 0 Å². The van der Waals surface area contributed by atoms with Crippen LogP contribution in [-0.4, -0.2) is 66.3 Å². The van der Waals surface area contributed by atoms with Crippen molar-refractivity contribution in [2.75, 3.05) is 33.0 Å². The van der Waals surface area contributed by atoms with Crippen molar-refractivity contribution >= 4 is 13.8 Å². The molecule has 9 nitrogen and oxygen atoms in total. The Labute approximate surface area is 460 Å². The summed E-state index contributed by atoms with van der Waals surface area (Å²) >= 11 is 0. The van der Waals surface area contributed by atoms with Crippen molar-refractivity contribution in [1.82, 2.24) is 0 Å². The monoisotopic (exact) mass is 1070 g/mol. The van der Waals surface area contributed by atoms with Gasteiger partial charge >= 0.3 is 13.8 Å². The molecular weight excluding hydrogens is 944 g/mol. The average Bonchev–Trinajstić information content (AvgIpc) is 3.39. The van der Waals surface area contributed by atoms with E-state index < -0.39 is 33.2 Å². The van der Waals surface area contributed by atoms with Crippen molar-refractivity contribution in [3.8, 4) is 0 Å². The largest absolute Gasteiger partial charge is 0.472 e. The van der Waals surface area contributed by atoms with Gasteiger partial charge in [0.1, 0.15) is 12.2 Å². The van der Waals surface area contributed by atoms with Crippen LogP contribution in [0.15, 0.2) is 0 Å². The molecule has 74 heavy (non-hydrogen) atoms. The summed E-state index contributed by atoms with van der Waals surface area (Å²) in [5.41, 5.74) is 0. The minimum Gasteiger partial charge on any atom is -0.457 e. The molecule has 0 bridgehead atoms. The SMILES string of the molecule is CCCCCCCCCCCCCCCCCCCCCCCCCCCCCCCCCCCCCC(=O)O[C@H](COCCCCCCCCCCCCCCCCCCCC)COP(=O)(O)OC[C@@H](O)CO. The Balaban J connectivity index is 3.79. The van der Waals surface area contributed by atoms with Crippen molar-refractivity contribution in [3.05, 3.63) is 0 Å². The molecule has 3 atom stereocenters. The summed E-state index contributed by atoms with van der Waals surface area (Å²) in [6, 6.07) is 0. The van der Waals surface area contributed by atoms with Crippen LogP contribution >= 0.6 is 7.82 Å². The molecule has 0 aromatic heterocycles. The van der Waals surface area contributed by atoms with E-state index in [4.69, 9.17) is 23.6 Å². The number of aliphatic hydroxyl groups is 2. The van der Waals surface area contributed by atoms with E-state index in [9.17, 15) is 19.4 Å². The van der Waals surface area contributed by atoms with Crippen LogP contribution < -0.4 is 0 Å². The normalized spacial score (nSPS) is 13.4. The van der Waals surface area contributed by atoms with Gasteiger partial charge in [0.15, 0.2) is 0 Å². The highest BCUT2D eigenvalue weighted by Crippen LogP contribution is 2.43. The maximum Gasteiger partial charge on any atom is 0.472 e. The number of esters is 1. The molecule has 1 unspecified atom stereocenters. The van der Waals surface area contributed by atoms with Crippen molar-refractivity contribution in [1.29, 1.82) is 0 Å². The van der Waals surface area contributed by atoms with Gasteiger partial charge in [-0.25, -0.2) is 4.57 Å². The summed E-state index contributed by atoms with van der Waals surface area (Å²) in [5, 5.41) is 18.5. The molecule has 0 aliphatic heterocycles. The van der Waals surface area contributed by atoms with Gasteiger partial charge in [-0.1, -0.05) is 341 Å². The number of phosphoric acid groups is 1. The van der Waals surface area contributed by atoms with Gasteiger partial charge in [0.2, 0.25) is 0 Å². The predicted molar refractivity (Wildman–Crippen MR) is 316 cm³/mol. The van der Waals surface area contributed by atoms with E-state index in [0.717, 1.165) is 32.1 Å². The molecule has 0 aliphatic rings. The lowest BCUT2D eigenvalue weighted by atomic mass is 10.0. The van der Waals surface area contributed by atoms with Crippen LogP contribution in [0.25, 0.3) is 0 Å². The third-order valence-corrected chi connectivity index (χ3v) is 16.2. The second-order valence-electron chi connectivity index (χ2n) is 22.9. The molecule has 0 saturated carbocycles. The summed E-state index contributed by atoms with van der Waals surface area (Å²) in [7, 11) is -4.52. The molecule has 444 valence electrons. The number of ether oxygens (including phenoxy) is 2. The Kier molecular flexibility index (Phi) is 61.2. The van der Waals surface area contributed by atoms with Gasteiger partial charge < -0.3 is 24.6 Å². The zero-order valence-electron chi connectivity index (χ0n) is 49.6. The molecule has 0 spiro atoms. The van der Waals surface area contributed by atoms with E-state index in [2.05, 4.69) is 13.8 Å². The minimum absolute atomic E-state index is 0.0592. The van der Waals surface area contributed by atoms with Crippen LogP contribution in [-0.2, 0) is 27.9 Å². The molecule has 10 heteroatoms. The molecule has 0 fully saturated rings. The van der Waals surface area contributed by atoms with Crippen molar-refractivity contribution in [2.45, 2.75) is 373 Å². The highest BCUT2D eigenvalue weighted by atomic mass is 31.2. The Hall–Kier alpha value is -0.540. The summed E-state index contributed by atoms with van der Waals surface area (Å²) in [5.74, 6) is -0.370. The highest BCUT2D eigenvalue weighted by Gasteiger charge is 2.26. The number of hydrogen-bond donors (Lipinski definition) is 3. The Morgan fingerprint density at radius 2 is 0.608 bits per heavy atom. The lowest BCUT2D eigenvalue weighted by Crippen LogP contribution is -2.29. The van der Waals surface area contributed by atoms with Gasteiger partial charge in [0.25, 0.3) is 0 Å². The number of hydrogen-bond acceptors (Lipinski definition) is 8. The molecule has 0 rings (SSSR count). The van der Waals surface area contributed by atoms with Gasteiger partial charge in [-0.3, -0.25) is 13.8 Å². The fourth-order valence-corrected chi connectivity index (χ4v) is 11.1. The van der Waals surface area contributed by atoms with E-state index in [0.29, 0.717) is 6.61 Å². The van der Waals surface area contributed by atoms with Crippen LogP contribution in [0.5, 0.6) is 0 Å². The molecule has 0 aromatic carbocycles. The quantitative estimate of drug-likeness (QED) is 0.0309. The fourth-order valence-electron chi connectivity index (χ4n) is 10.3. The van der Waals surface area contributed by atoms with E-state index in [-0.39, 0.29) is 25.6 Å². The van der Waals surface area contributed by atoms with E-state index in [1.54, 1.807) is 0 Å². The first-order valence-electron chi connectivity index (χ1n) is 33.0. The van der Waals surface area contributed by atoms with Crippen molar-refractivity contribution in [2.24, 2.45) is 0 Å². The smallest absolute Gasteiger partial charge is 0.457 e. The van der Waals surface area contributed by atoms with Gasteiger partial charge in [0.05, 0.1) is 26.4 Å². The Morgan fingerprint density at radius 1 is 0.365 bits per heavy atom. The number of phosphoric ester groups is 1. The van der Waals surface area contributed by atoms with Gasteiger partial charge in [-0.05, 0) is 12.8 Å². The third kappa shape index (κ3) is 60.7. The van der Waals surface area contributed by atoms with Gasteiger partial charge in [-0.15, -0.1) is 0 Å². The molecule has 0 saturated heterocycles. The van der Waals surface area contributed by atoms with Crippen LogP contribution in [0.1, 0.15) is 361 Å². The first-order valence-corrected chi connectivity index (χ1v) is 34.5. The van der Waals surface area contributed by atoms with E-state index in [1.807, 2.05) is 0 Å². The number of carbonyl (C=O) groups excluding carboxylic acids is 1. The summed E-state index contributed by atoms with van der Waals surface area (Å²) in [6.07, 6.45) is 69.9. The standard InChI is InChI=1S/C64H129O9P/c1-3-5-7-9-11-13-15-17-19-21-23-24-25-26-27-28-29-30-31-32-33-34-35-36-37-38-39-40-42-44-46-48-50-52-54-56-64(67)73-63(61-72-74(68,69)71-59-62(66)58-65)60-70-57-55-53-51-49-47-45-43-41-22-20-18-16-14-12-10-8-6-4-2/h62-63,65-66H,3-61H2,1-2H3,(H,68,69)/t62-,63+/m0/s1. The second kappa shape index (κ2) is 61.7. The Bertz CT molecular complexity index is 1130. The maximum atomic E-state index is 12.8. The number of carbonyl (C=O) groups is 1. The van der Waals surface area contributed by atoms with Crippen LogP contribution in [0.2, 0.25) is 0 Å². The first kappa shape index (κ1) is 73.5. The Morgan fingerprint density at radius 3 is 0.878 bits per heavy atom. The topological polar surface area (TPSA) is 132 Å². The molecule has 0 aromatic rings. The lowest BCUT2D eigenvalue weighted by Gasteiger charge is -2.20. The lowest BCUT2D eigenvalue weighted by molar-refractivity contribution is -0.154. The zero-order chi connectivity index (χ0) is 53.8. The van der Waals surface area contributed by atoms with Crippen LogP contribution in [0.3, 0.4) is 0 Å². The highest BCUT2D eigenvalue weighted by molar-refractivity contribution is 7.47. The predicted octanol–water partition coefficient (Wildman–Crippen LogP) is 20.5. The van der Waals surface area contributed by atoms with Gasteiger partial charge in [-0.2, -0.15) is 0 Å². The number of unbranched alkanes of at least 4 members (excludes halogenated alkanes) is 51. The summed E-state index contributed by atoms with van der Waals surface area (Å²) < 4.78 is 33.7. The molecule has 0 amide bonds. The third-order valence-electron chi connectivity index (χ3n) is 15.3. The second-order valence-corrected chi connectivity index (χ2v) is 24.3. The summed E-state index contributed by atoms with van der Waals surface area (Å²) in [6.45, 7) is 3.63. The van der Waals surface area contributed by atoms with E-state index >= 15 is 0 Å². The molecule has 3 N–H and O–H groups in total. The van der Waals surface area contributed by atoms with Crippen LogP contribution in [0.4, 0.5) is 0 Å². The molecule has 0 radical (unpaired) electrons. The zero-order valence-corrected chi connectivity index (χ0v) is 50.5. The van der Waals surface area contributed by atoms with E-state index in [1.165, 1.54) is 308 Å². The molecule has 0 aliphatic carbocycles. The molecular formula is C64H129O9P. The number of aliphatic hydroxyl groups excluding tert-OH is 2. The average molecular weight is 1070 g/mol. The summed E-state index contributed by atoms with van der Waals surface area (Å²) in [4.78, 5) is 22.8. The molecule has 0 heterocycles. The maximum absolute atomic E-state index is 12.8. The fraction of sp³-hybridized carbons (Fsp3) is 0.984. The minimum atomic E-state index is -4.52. The van der Waals surface area contributed by atoms with Crippen LogP contribution in [0, 0.1) is 0 Å². The number of rotatable bonds is 65.